The predicted octanol–water partition coefficient (Wildman–Crippen LogP) is 4.64. The molecule has 2 atom stereocenters. The van der Waals surface area contributed by atoms with E-state index >= 15 is 0 Å². The molecule has 0 unspecified atom stereocenters. The molecule has 1 saturated heterocycles. The molecule has 2 aliphatic rings. The molecule has 2 aromatic carbocycles. The zero-order chi connectivity index (χ0) is 28.8. The molecule has 0 spiro atoms. The molecule has 2 heterocycles. The monoisotopic (exact) mass is 555 g/mol. The first-order valence-corrected chi connectivity index (χ1v) is 13.4. The average Bonchev–Trinajstić information content (AvgIpc) is 3.56. The molecule has 1 aromatic heterocycles. The topological polar surface area (TPSA) is 102 Å². The summed E-state index contributed by atoms with van der Waals surface area (Å²) in [4.78, 5) is 29.2. The molecule has 2 amide bonds. The number of nitriles is 1. The number of hydrogen-bond donors (Lipinski definition) is 2. The van der Waals surface area contributed by atoms with Crippen LogP contribution < -0.4 is 15.5 Å². The zero-order valence-corrected chi connectivity index (χ0v) is 22.6. The lowest BCUT2D eigenvalue weighted by atomic mass is 9.98. The van der Waals surface area contributed by atoms with E-state index in [-0.39, 0.29) is 29.4 Å². The van der Waals surface area contributed by atoms with Crippen LogP contribution in [0.1, 0.15) is 44.7 Å². The van der Waals surface area contributed by atoms with Gasteiger partial charge in [0.25, 0.3) is 0 Å². The second kappa shape index (κ2) is 10.4. The lowest BCUT2D eigenvalue weighted by Crippen LogP contribution is -2.52. The molecule has 0 radical (unpaired) electrons. The summed E-state index contributed by atoms with van der Waals surface area (Å²) in [7, 11) is 1.88. The third-order valence-electron chi connectivity index (χ3n) is 7.58. The minimum Gasteiger partial charge on any atom is -0.456 e. The maximum Gasteiger partial charge on any atom is 0.407 e. The number of nitrogens with zero attached hydrogens (tertiary/aromatic N) is 3. The fourth-order valence-electron chi connectivity index (χ4n) is 5.21. The van der Waals surface area contributed by atoms with Crippen LogP contribution in [0.15, 0.2) is 40.8 Å². The molecule has 1 saturated carbocycles. The number of furan rings is 1. The van der Waals surface area contributed by atoms with Gasteiger partial charge < -0.3 is 14.6 Å². The van der Waals surface area contributed by atoms with Crippen LogP contribution in [-0.2, 0) is 9.59 Å². The first kappa shape index (κ1) is 27.9. The van der Waals surface area contributed by atoms with Crippen LogP contribution in [0.5, 0.6) is 0 Å². The standard InChI is InChI=1S/C29H32F3N5O3/c1-17(2)12-22(27(39)35-28(16-33)8-9-28)34-26(29(30,31)32)18-4-6-20-21-14-19(5-7-23(21)40-24(20)13-18)37-11-10-36(3)15-25(37)38/h4-7,13-14,17,22,26,34H,8-12,15H2,1-3H3,(H,35,39)/t22-,26-/m0/s1. The van der Waals surface area contributed by atoms with Gasteiger partial charge in [-0.25, -0.2) is 0 Å². The van der Waals surface area contributed by atoms with Gasteiger partial charge in [0.2, 0.25) is 11.8 Å². The summed E-state index contributed by atoms with van der Waals surface area (Å²) in [5.41, 5.74) is 0.411. The number of anilines is 1. The van der Waals surface area contributed by atoms with Crippen molar-refractivity contribution in [3.05, 3.63) is 42.0 Å². The molecular weight excluding hydrogens is 523 g/mol. The van der Waals surface area contributed by atoms with Gasteiger partial charge in [0.05, 0.1) is 18.7 Å². The summed E-state index contributed by atoms with van der Waals surface area (Å²) in [5.74, 6) is -0.698. The maximum atomic E-state index is 14.4. The van der Waals surface area contributed by atoms with Gasteiger partial charge in [-0.05, 0) is 62.1 Å². The van der Waals surface area contributed by atoms with E-state index in [0.29, 0.717) is 48.0 Å². The number of benzene rings is 2. The smallest absolute Gasteiger partial charge is 0.407 e. The van der Waals surface area contributed by atoms with Gasteiger partial charge in [-0.2, -0.15) is 18.4 Å². The van der Waals surface area contributed by atoms with Crippen LogP contribution in [0.3, 0.4) is 0 Å². The van der Waals surface area contributed by atoms with Crippen LogP contribution in [0.25, 0.3) is 21.9 Å². The van der Waals surface area contributed by atoms with Crippen LogP contribution in [0.4, 0.5) is 18.9 Å². The summed E-state index contributed by atoms with van der Waals surface area (Å²) in [6, 6.07) is 8.42. The van der Waals surface area contributed by atoms with E-state index < -0.39 is 29.7 Å². The largest absolute Gasteiger partial charge is 0.456 e. The highest BCUT2D eigenvalue weighted by molar-refractivity contribution is 6.07. The summed E-state index contributed by atoms with van der Waals surface area (Å²) < 4.78 is 49.1. The third kappa shape index (κ3) is 5.64. The minimum absolute atomic E-state index is 0.0235. The number of nitrogens with one attached hydrogen (secondary N) is 2. The lowest BCUT2D eigenvalue weighted by Gasteiger charge is -2.32. The number of alkyl halides is 3. The molecular formula is C29H32F3N5O3. The van der Waals surface area contributed by atoms with E-state index in [9.17, 15) is 28.0 Å². The minimum atomic E-state index is -4.70. The zero-order valence-electron chi connectivity index (χ0n) is 22.6. The maximum absolute atomic E-state index is 14.4. The van der Waals surface area contributed by atoms with Gasteiger partial charge in [0, 0.05) is 29.5 Å². The number of amides is 2. The summed E-state index contributed by atoms with van der Waals surface area (Å²) >= 11 is 0. The Kier molecular flexibility index (Phi) is 7.27. The summed E-state index contributed by atoms with van der Waals surface area (Å²) in [6.45, 7) is 5.24. The second-order valence-electron chi connectivity index (χ2n) is 11.3. The van der Waals surface area contributed by atoms with E-state index in [4.69, 9.17) is 4.42 Å². The van der Waals surface area contributed by atoms with Gasteiger partial charge >= 0.3 is 6.18 Å². The van der Waals surface area contributed by atoms with E-state index in [1.807, 2.05) is 31.9 Å². The Balaban J connectivity index is 1.46. The van der Waals surface area contributed by atoms with Gasteiger partial charge in [0.15, 0.2) is 0 Å². The van der Waals surface area contributed by atoms with Crippen molar-refractivity contribution in [3.8, 4) is 6.07 Å². The number of halogens is 3. The van der Waals surface area contributed by atoms with E-state index in [2.05, 4.69) is 16.7 Å². The van der Waals surface area contributed by atoms with Crippen molar-refractivity contribution in [2.45, 2.75) is 56.9 Å². The van der Waals surface area contributed by atoms with Crippen molar-refractivity contribution < 1.29 is 27.2 Å². The Morgan fingerprint density at radius 2 is 1.88 bits per heavy atom. The van der Waals surface area contributed by atoms with Crippen molar-refractivity contribution in [2.24, 2.45) is 5.92 Å². The molecule has 11 heteroatoms. The Morgan fingerprint density at radius 3 is 2.50 bits per heavy atom. The molecule has 40 heavy (non-hydrogen) atoms. The van der Waals surface area contributed by atoms with Gasteiger partial charge in [-0.3, -0.25) is 19.8 Å². The SMILES string of the molecule is CC(C)C[C@H](N[C@@H](c1ccc2c(c1)oc1ccc(N3CCN(C)CC3=O)cc12)C(F)(F)F)C(=O)NC1(C#N)CC1. The van der Waals surface area contributed by atoms with Crippen molar-refractivity contribution in [1.29, 1.82) is 5.26 Å². The van der Waals surface area contributed by atoms with Crippen LogP contribution in [0, 0.1) is 17.2 Å². The molecule has 2 fully saturated rings. The molecule has 2 N–H and O–H groups in total. The van der Waals surface area contributed by atoms with Gasteiger partial charge in [0.1, 0.15) is 22.7 Å². The molecule has 212 valence electrons. The average molecular weight is 556 g/mol. The Morgan fingerprint density at radius 1 is 1.12 bits per heavy atom. The lowest BCUT2D eigenvalue weighted by molar-refractivity contribution is -0.161. The van der Waals surface area contributed by atoms with Crippen LogP contribution in [-0.4, -0.2) is 61.2 Å². The number of carbonyl (C=O) groups excluding carboxylic acids is 2. The van der Waals surface area contributed by atoms with Crippen molar-refractivity contribution in [3.63, 3.8) is 0 Å². The fourth-order valence-corrected chi connectivity index (χ4v) is 5.21. The highest BCUT2D eigenvalue weighted by Gasteiger charge is 2.47. The number of likely N-dealkylation sites (N-methyl/N-ethyl adjacent to an activating group) is 1. The molecule has 8 nitrogen and oxygen atoms in total. The Labute approximate surface area is 230 Å². The number of rotatable bonds is 8. The molecule has 5 rings (SSSR count). The molecule has 0 bridgehead atoms. The number of hydrogen-bond acceptors (Lipinski definition) is 6. The van der Waals surface area contributed by atoms with E-state index in [1.54, 1.807) is 23.1 Å². The molecule has 3 aromatic rings. The summed E-state index contributed by atoms with van der Waals surface area (Å²) in [6.07, 6.45) is -3.56. The van der Waals surface area contributed by atoms with Crippen molar-refractivity contribution in [1.82, 2.24) is 15.5 Å². The second-order valence-corrected chi connectivity index (χ2v) is 11.3. The Bertz CT molecular complexity index is 1490. The predicted molar refractivity (Wildman–Crippen MR) is 144 cm³/mol. The number of carbonyl (C=O) groups is 2. The van der Waals surface area contributed by atoms with Gasteiger partial charge in [-0.1, -0.05) is 26.0 Å². The van der Waals surface area contributed by atoms with Crippen molar-refractivity contribution >= 4 is 39.4 Å². The summed E-state index contributed by atoms with van der Waals surface area (Å²) in [5, 5.41) is 15.8. The Hall–Kier alpha value is -3.62. The highest BCUT2D eigenvalue weighted by atomic mass is 19.4. The molecule has 1 aliphatic heterocycles. The molecule has 1 aliphatic carbocycles. The third-order valence-corrected chi connectivity index (χ3v) is 7.58. The highest BCUT2D eigenvalue weighted by Crippen LogP contribution is 2.39. The first-order chi connectivity index (χ1) is 18.9. The van der Waals surface area contributed by atoms with E-state index in [0.717, 1.165) is 6.54 Å². The normalized spacial score (nSPS) is 19.1. The first-order valence-electron chi connectivity index (χ1n) is 13.4. The van der Waals surface area contributed by atoms with Crippen molar-refractivity contribution in [2.75, 3.05) is 31.6 Å². The van der Waals surface area contributed by atoms with Crippen LogP contribution in [0.2, 0.25) is 0 Å². The fraction of sp³-hybridized carbons (Fsp3) is 0.483. The number of piperazine rings is 1. The van der Waals surface area contributed by atoms with E-state index in [1.165, 1.54) is 12.1 Å². The van der Waals surface area contributed by atoms with Gasteiger partial charge in [-0.15, -0.1) is 0 Å². The quantitative estimate of drug-likeness (QED) is 0.420. The number of fused-ring (bicyclic) bond motifs is 3. The van der Waals surface area contributed by atoms with Crippen LogP contribution >= 0.6 is 0 Å².